The Labute approximate surface area is 175 Å². The number of pyridine rings is 2. The van der Waals surface area contributed by atoms with Crippen molar-refractivity contribution in [2.45, 2.75) is 19.8 Å². The van der Waals surface area contributed by atoms with Gasteiger partial charge < -0.3 is 10.1 Å². The Morgan fingerprint density at radius 3 is 2.43 bits per heavy atom. The first kappa shape index (κ1) is 18.4. The van der Waals surface area contributed by atoms with Crippen molar-refractivity contribution in [2.24, 2.45) is 5.92 Å². The maximum atomic E-state index is 13.2. The summed E-state index contributed by atoms with van der Waals surface area (Å²) < 4.78 is 8.07. The summed E-state index contributed by atoms with van der Waals surface area (Å²) in [6.07, 6.45) is 2.37. The highest BCUT2D eigenvalue weighted by Crippen LogP contribution is 2.32. The lowest BCUT2D eigenvalue weighted by Gasteiger charge is -2.20. The average Bonchev–Trinajstić information content (AvgIpc) is 3.58. The van der Waals surface area contributed by atoms with Crippen LogP contribution in [0.1, 0.15) is 18.5 Å². The number of anilines is 2. The van der Waals surface area contributed by atoms with Crippen LogP contribution in [0.2, 0.25) is 0 Å². The van der Waals surface area contributed by atoms with Crippen LogP contribution < -0.4 is 15.5 Å². The fourth-order valence-electron chi connectivity index (χ4n) is 3.63. The second-order valence-corrected chi connectivity index (χ2v) is 7.77. The Morgan fingerprint density at radius 1 is 1.03 bits per heavy atom. The Bertz CT molecular complexity index is 1250. The third kappa shape index (κ3) is 3.66. The molecule has 0 amide bonds. The monoisotopic (exact) mass is 397 g/mol. The number of nitrogens with one attached hydrogen (secondary N) is 1. The van der Waals surface area contributed by atoms with Crippen LogP contribution in [-0.4, -0.2) is 16.2 Å². The highest BCUT2D eigenvalue weighted by Gasteiger charge is 2.24. The number of benzene rings is 2. The highest BCUT2D eigenvalue weighted by molar-refractivity contribution is 5.88. The summed E-state index contributed by atoms with van der Waals surface area (Å²) in [4.78, 5) is 17.7. The zero-order valence-electron chi connectivity index (χ0n) is 16.8. The summed E-state index contributed by atoms with van der Waals surface area (Å²) in [5.41, 5.74) is 3.37. The predicted octanol–water partition coefficient (Wildman–Crippen LogP) is 5.23. The fraction of sp³-hybridized carbons (Fsp3) is 0.200. The molecular formula is C25H23N3O2. The van der Waals surface area contributed by atoms with Gasteiger partial charge in [0.25, 0.3) is 0 Å². The van der Waals surface area contributed by atoms with Gasteiger partial charge in [-0.25, -0.2) is 4.98 Å². The van der Waals surface area contributed by atoms with Crippen molar-refractivity contribution < 1.29 is 4.74 Å². The molecule has 1 aliphatic carbocycles. The number of rotatable bonds is 6. The minimum Gasteiger partial charge on any atom is -0.477 e. The molecule has 0 radical (unpaired) electrons. The Morgan fingerprint density at radius 2 is 1.73 bits per heavy atom. The van der Waals surface area contributed by atoms with Crippen LogP contribution in [0.5, 0.6) is 5.88 Å². The van der Waals surface area contributed by atoms with Crippen molar-refractivity contribution in [2.75, 3.05) is 11.9 Å². The number of hydrogen-bond acceptors (Lipinski definition) is 4. The second-order valence-electron chi connectivity index (χ2n) is 7.77. The van der Waals surface area contributed by atoms with Gasteiger partial charge in [0.1, 0.15) is 11.2 Å². The third-order valence-corrected chi connectivity index (χ3v) is 5.30. The van der Waals surface area contributed by atoms with Crippen LogP contribution in [0.15, 0.2) is 77.6 Å². The molecule has 0 spiro atoms. The van der Waals surface area contributed by atoms with E-state index in [0.717, 1.165) is 22.6 Å². The fourth-order valence-corrected chi connectivity index (χ4v) is 3.63. The molecule has 1 fully saturated rings. The largest absolute Gasteiger partial charge is 0.477 e. The van der Waals surface area contributed by atoms with Gasteiger partial charge in [0.05, 0.1) is 12.1 Å². The van der Waals surface area contributed by atoms with Gasteiger partial charge in [0, 0.05) is 23.1 Å². The third-order valence-electron chi connectivity index (χ3n) is 5.30. The van der Waals surface area contributed by atoms with Crippen LogP contribution in [0.3, 0.4) is 0 Å². The molecule has 30 heavy (non-hydrogen) atoms. The molecule has 4 aromatic rings. The van der Waals surface area contributed by atoms with Gasteiger partial charge in [-0.3, -0.25) is 9.36 Å². The Hall–Kier alpha value is -3.60. The molecule has 1 saturated carbocycles. The molecule has 2 aromatic carbocycles. The molecular weight excluding hydrogens is 374 g/mol. The van der Waals surface area contributed by atoms with Gasteiger partial charge in [0.15, 0.2) is 5.43 Å². The second kappa shape index (κ2) is 7.67. The van der Waals surface area contributed by atoms with Gasteiger partial charge in [-0.1, -0.05) is 36.4 Å². The molecule has 1 N–H and O–H groups in total. The van der Waals surface area contributed by atoms with Crippen LogP contribution in [-0.2, 0) is 0 Å². The number of hydrogen-bond donors (Lipinski definition) is 1. The van der Waals surface area contributed by atoms with Gasteiger partial charge in [-0.15, -0.1) is 0 Å². The van der Waals surface area contributed by atoms with Crippen molar-refractivity contribution in [3.8, 4) is 11.6 Å². The molecule has 0 unspecified atom stereocenters. The smallest absolute Gasteiger partial charge is 0.227 e. The zero-order chi connectivity index (χ0) is 20.5. The zero-order valence-corrected chi connectivity index (χ0v) is 16.8. The van der Waals surface area contributed by atoms with Crippen LogP contribution in [0, 0.1) is 12.8 Å². The SMILES string of the molecule is Cc1cc2c(c(OCC3CC3)n1)c(=O)cc(Nc1ccccc1)n2-c1ccccc1. The number of fused-ring (bicyclic) bond motifs is 1. The first-order chi connectivity index (χ1) is 14.7. The normalized spacial score (nSPS) is 13.4. The first-order valence-electron chi connectivity index (χ1n) is 10.3. The first-order valence-corrected chi connectivity index (χ1v) is 10.3. The molecule has 5 nitrogen and oxygen atoms in total. The summed E-state index contributed by atoms with van der Waals surface area (Å²) in [5, 5.41) is 3.92. The van der Waals surface area contributed by atoms with E-state index < -0.39 is 0 Å². The molecule has 1 aliphatic rings. The van der Waals surface area contributed by atoms with Gasteiger partial charge in [0.2, 0.25) is 5.88 Å². The topological polar surface area (TPSA) is 56.1 Å². The van der Waals surface area contributed by atoms with Crippen LogP contribution in [0.25, 0.3) is 16.6 Å². The van der Waals surface area contributed by atoms with E-state index in [1.807, 2.05) is 73.7 Å². The predicted molar refractivity (Wildman–Crippen MR) is 120 cm³/mol. The minimum absolute atomic E-state index is 0.103. The van der Waals surface area contributed by atoms with Crippen LogP contribution in [0.4, 0.5) is 11.5 Å². The number of aryl methyl sites for hydroxylation is 1. The number of nitrogens with zero attached hydrogens (tertiary/aromatic N) is 2. The van der Waals surface area contributed by atoms with Crippen molar-refractivity contribution >= 4 is 22.4 Å². The lowest BCUT2D eigenvalue weighted by Crippen LogP contribution is -2.15. The van der Waals surface area contributed by atoms with E-state index in [0.29, 0.717) is 29.6 Å². The average molecular weight is 397 g/mol. The molecule has 5 heteroatoms. The molecule has 150 valence electrons. The lowest BCUT2D eigenvalue weighted by atomic mass is 10.2. The molecule has 0 bridgehead atoms. The summed E-state index contributed by atoms with van der Waals surface area (Å²) in [6.45, 7) is 2.54. The number of aromatic nitrogens is 2. The Kier molecular flexibility index (Phi) is 4.71. The van der Waals surface area contributed by atoms with E-state index in [4.69, 9.17) is 4.74 Å². The summed E-state index contributed by atoms with van der Waals surface area (Å²) >= 11 is 0. The maximum Gasteiger partial charge on any atom is 0.227 e. The molecule has 2 heterocycles. The highest BCUT2D eigenvalue weighted by atomic mass is 16.5. The maximum absolute atomic E-state index is 13.2. The number of ether oxygens (including phenoxy) is 1. The lowest BCUT2D eigenvalue weighted by molar-refractivity contribution is 0.291. The molecule has 0 aliphatic heterocycles. The molecule has 5 rings (SSSR count). The molecule has 2 aromatic heterocycles. The van der Waals surface area contributed by atoms with Crippen molar-refractivity contribution in [1.29, 1.82) is 0 Å². The van der Waals surface area contributed by atoms with Crippen molar-refractivity contribution in [3.63, 3.8) is 0 Å². The van der Waals surface area contributed by atoms with E-state index in [-0.39, 0.29) is 5.43 Å². The van der Waals surface area contributed by atoms with Gasteiger partial charge >= 0.3 is 0 Å². The van der Waals surface area contributed by atoms with E-state index in [1.54, 1.807) is 6.07 Å². The quantitative estimate of drug-likeness (QED) is 0.484. The van der Waals surface area contributed by atoms with E-state index in [9.17, 15) is 4.79 Å². The van der Waals surface area contributed by atoms with E-state index in [1.165, 1.54) is 12.8 Å². The number of para-hydroxylation sites is 2. The molecule has 0 atom stereocenters. The Balaban J connectivity index is 1.74. The summed E-state index contributed by atoms with van der Waals surface area (Å²) in [6, 6.07) is 23.4. The minimum atomic E-state index is -0.103. The van der Waals surface area contributed by atoms with E-state index in [2.05, 4.69) is 14.9 Å². The van der Waals surface area contributed by atoms with Gasteiger partial charge in [-0.2, -0.15) is 0 Å². The standard InChI is InChI=1S/C25H23N3O2/c1-17-14-21-24(25(26-17)30-16-18-12-13-18)22(29)15-23(27-19-8-4-2-5-9-19)28(21)20-10-6-3-7-11-20/h2-11,14-15,18,27H,12-13,16H2,1H3. The molecule has 0 saturated heterocycles. The van der Waals surface area contributed by atoms with Crippen molar-refractivity contribution in [1.82, 2.24) is 9.55 Å². The van der Waals surface area contributed by atoms with E-state index >= 15 is 0 Å². The van der Waals surface area contributed by atoms with Crippen LogP contribution >= 0.6 is 0 Å². The summed E-state index contributed by atoms with van der Waals surface area (Å²) in [5.74, 6) is 1.71. The van der Waals surface area contributed by atoms with Crippen molar-refractivity contribution in [3.05, 3.63) is 88.7 Å². The summed E-state index contributed by atoms with van der Waals surface area (Å²) in [7, 11) is 0. The van der Waals surface area contributed by atoms with Gasteiger partial charge in [-0.05, 0) is 56.0 Å².